The molecule has 0 atom stereocenters. The zero-order valence-corrected chi connectivity index (χ0v) is 12.2. The highest BCUT2D eigenvalue weighted by atomic mass is 16.5. The number of hydrogen-bond donors (Lipinski definition) is 2. The summed E-state index contributed by atoms with van der Waals surface area (Å²) in [4.78, 5) is 22.9. The molecule has 1 aromatic rings. The average Bonchev–Trinajstić information content (AvgIpc) is 2.39. The predicted octanol–water partition coefficient (Wildman–Crippen LogP) is 2.28. The van der Waals surface area contributed by atoms with E-state index in [2.05, 4.69) is 5.32 Å². The molecule has 0 spiro atoms. The van der Waals surface area contributed by atoms with E-state index in [1.54, 1.807) is 0 Å². The fourth-order valence-corrected chi connectivity index (χ4v) is 2.38. The normalized spacial score (nSPS) is 15.9. The second-order valence-electron chi connectivity index (χ2n) is 5.56. The molecule has 1 aliphatic rings. The second kappa shape index (κ2) is 6.61. The van der Waals surface area contributed by atoms with Crippen molar-refractivity contribution in [3.05, 3.63) is 29.8 Å². The highest BCUT2D eigenvalue weighted by molar-refractivity contribution is 5.87. The lowest BCUT2D eigenvalue weighted by Gasteiger charge is -2.38. The van der Waals surface area contributed by atoms with Gasteiger partial charge in [0.25, 0.3) is 0 Å². The first-order valence-electron chi connectivity index (χ1n) is 7.26. The Kier molecular flexibility index (Phi) is 4.83. The van der Waals surface area contributed by atoms with E-state index >= 15 is 0 Å². The van der Waals surface area contributed by atoms with E-state index in [-0.39, 0.29) is 12.3 Å². The number of benzene rings is 1. The molecule has 114 valence electrons. The van der Waals surface area contributed by atoms with E-state index in [1.165, 1.54) is 0 Å². The SMILES string of the molecule is Cc1cccc(OCCCC(=O)NC2(C(=O)O)CCC2)c1. The number of ether oxygens (including phenoxy) is 1. The largest absolute Gasteiger partial charge is 0.494 e. The smallest absolute Gasteiger partial charge is 0.329 e. The third-order valence-corrected chi connectivity index (χ3v) is 3.80. The van der Waals surface area contributed by atoms with E-state index < -0.39 is 11.5 Å². The molecule has 0 heterocycles. The molecule has 5 nitrogen and oxygen atoms in total. The van der Waals surface area contributed by atoms with Crippen LogP contribution in [0.2, 0.25) is 0 Å². The van der Waals surface area contributed by atoms with Crippen molar-refractivity contribution in [3.8, 4) is 5.75 Å². The second-order valence-corrected chi connectivity index (χ2v) is 5.56. The van der Waals surface area contributed by atoms with Crippen molar-refractivity contribution in [2.24, 2.45) is 0 Å². The van der Waals surface area contributed by atoms with Crippen LogP contribution in [0.3, 0.4) is 0 Å². The van der Waals surface area contributed by atoms with Crippen LogP contribution in [-0.4, -0.2) is 29.1 Å². The van der Waals surface area contributed by atoms with Gasteiger partial charge in [0.15, 0.2) is 0 Å². The Bertz CT molecular complexity index is 523. The van der Waals surface area contributed by atoms with Crippen LogP contribution in [0.15, 0.2) is 24.3 Å². The highest BCUT2D eigenvalue weighted by Crippen LogP contribution is 2.32. The zero-order valence-electron chi connectivity index (χ0n) is 12.2. The van der Waals surface area contributed by atoms with Gasteiger partial charge >= 0.3 is 5.97 Å². The molecule has 1 amide bonds. The lowest BCUT2D eigenvalue weighted by molar-refractivity contribution is -0.151. The van der Waals surface area contributed by atoms with Gasteiger partial charge in [-0.05, 0) is 50.3 Å². The van der Waals surface area contributed by atoms with Gasteiger partial charge in [-0.15, -0.1) is 0 Å². The third-order valence-electron chi connectivity index (χ3n) is 3.80. The molecular weight excluding hydrogens is 270 g/mol. The van der Waals surface area contributed by atoms with Crippen LogP contribution in [0, 0.1) is 6.92 Å². The maximum atomic E-state index is 11.8. The van der Waals surface area contributed by atoms with Crippen LogP contribution in [0.25, 0.3) is 0 Å². The van der Waals surface area contributed by atoms with Crippen LogP contribution < -0.4 is 10.1 Å². The minimum Gasteiger partial charge on any atom is -0.494 e. The molecule has 21 heavy (non-hydrogen) atoms. The molecule has 0 radical (unpaired) electrons. The Labute approximate surface area is 124 Å². The first-order chi connectivity index (χ1) is 10.0. The molecule has 0 aliphatic heterocycles. The van der Waals surface area contributed by atoms with E-state index in [9.17, 15) is 9.59 Å². The van der Waals surface area contributed by atoms with Crippen molar-refractivity contribution in [1.29, 1.82) is 0 Å². The number of carboxylic acid groups (broad SMARTS) is 1. The predicted molar refractivity (Wildman–Crippen MR) is 78.3 cm³/mol. The minimum atomic E-state index is -1.02. The van der Waals surface area contributed by atoms with Crippen LogP contribution >= 0.6 is 0 Å². The molecule has 5 heteroatoms. The topological polar surface area (TPSA) is 75.6 Å². The number of nitrogens with one attached hydrogen (secondary N) is 1. The number of carbonyl (C=O) groups is 2. The van der Waals surface area contributed by atoms with Gasteiger partial charge in [0.05, 0.1) is 6.61 Å². The van der Waals surface area contributed by atoms with Gasteiger partial charge in [-0.2, -0.15) is 0 Å². The van der Waals surface area contributed by atoms with Crippen molar-refractivity contribution in [2.45, 2.75) is 44.6 Å². The van der Waals surface area contributed by atoms with Gasteiger partial charge in [0, 0.05) is 6.42 Å². The standard InChI is InChI=1S/C16H21NO4/c1-12-5-2-6-13(11-12)21-10-3-7-14(18)17-16(15(19)20)8-4-9-16/h2,5-6,11H,3-4,7-10H2,1H3,(H,17,18)(H,19,20). The number of carboxylic acids is 1. The molecule has 0 saturated heterocycles. The van der Waals surface area contributed by atoms with E-state index in [4.69, 9.17) is 9.84 Å². The summed E-state index contributed by atoms with van der Waals surface area (Å²) in [7, 11) is 0. The third kappa shape index (κ3) is 3.97. The fourth-order valence-electron chi connectivity index (χ4n) is 2.38. The molecule has 1 aromatic carbocycles. The van der Waals surface area contributed by atoms with Crippen LogP contribution in [0.1, 0.15) is 37.7 Å². The Hall–Kier alpha value is -2.04. The fraction of sp³-hybridized carbons (Fsp3) is 0.500. The molecule has 1 saturated carbocycles. The Morgan fingerprint density at radius 1 is 1.38 bits per heavy atom. The Morgan fingerprint density at radius 2 is 2.14 bits per heavy atom. The number of carbonyl (C=O) groups excluding carboxylic acids is 1. The maximum Gasteiger partial charge on any atom is 0.329 e. The molecule has 2 rings (SSSR count). The minimum absolute atomic E-state index is 0.218. The van der Waals surface area contributed by atoms with Crippen molar-refractivity contribution >= 4 is 11.9 Å². The number of hydrogen-bond acceptors (Lipinski definition) is 3. The van der Waals surface area contributed by atoms with Crippen LogP contribution in [0.5, 0.6) is 5.75 Å². The first kappa shape index (κ1) is 15.4. The molecule has 0 bridgehead atoms. The summed E-state index contributed by atoms with van der Waals surface area (Å²) < 4.78 is 5.56. The molecule has 0 unspecified atom stereocenters. The van der Waals surface area contributed by atoms with Crippen molar-refractivity contribution in [3.63, 3.8) is 0 Å². The van der Waals surface area contributed by atoms with E-state index in [0.29, 0.717) is 25.9 Å². The lowest BCUT2D eigenvalue weighted by Crippen LogP contribution is -2.59. The van der Waals surface area contributed by atoms with Gasteiger partial charge < -0.3 is 15.2 Å². The van der Waals surface area contributed by atoms with Gasteiger partial charge in [-0.1, -0.05) is 12.1 Å². The summed E-state index contributed by atoms with van der Waals surface area (Å²) >= 11 is 0. The van der Waals surface area contributed by atoms with E-state index in [1.807, 2.05) is 31.2 Å². The average molecular weight is 291 g/mol. The number of aliphatic carboxylic acids is 1. The number of amides is 1. The summed E-state index contributed by atoms with van der Waals surface area (Å²) in [6.45, 7) is 2.43. The quantitative estimate of drug-likeness (QED) is 0.756. The van der Waals surface area contributed by atoms with Crippen LogP contribution in [0.4, 0.5) is 0 Å². The van der Waals surface area contributed by atoms with Gasteiger partial charge in [-0.3, -0.25) is 4.79 Å². The Morgan fingerprint density at radius 3 is 2.71 bits per heavy atom. The van der Waals surface area contributed by atoms with Crippen molar-refractivity contribution in [1.82, 2.24) is 5.32 Å². The first-order valence-corrected chi connectivity index (χ1v) is 7.26. The summed E-state index contributed by atoms with van der Waals surface area (Å²) in [6, 6.07) is 7.73. The van der Waals surface area contributed by atoms with Gasteiger partial charge in [0.2, 0.25) is 5.91 Å². The highest BCUT2D eigenvalue weighted by Gasteiger charge is 2.45. The van der Waals surface area contributed by atoms with Crippen molar-refractivity contribution < 1.29 is 19.4 Å². The molecule has 0 aromatic heterocycles. The molecule has 1 fully saturated rings. The summed E-state index contributed by atoms with van der Waals surface area (Å²) in [6.07, 6.45) is 2.74. The lowest BCUT2D eigenvalue weighted by atomic mass is 9.76. The van der Waals surface area contributed by atoms with Gasteiger partial charge in [0.1, 0.15) is 11.3 Å². The molecule has 1 aliphatic carbocycles. The summed E-state index contributed by atoms with van der Waals surface area (Å²) in [5.74, 6) is -0.362. The van der Waals surface area contributed by atoms with E-state index in [0.717, 1.165) is 17.7 Å². The number of aryl methyl sites for hydroxylation is 1. The zero-order chi connectivity index (χ0) is 15.3. The summed E-state index contributed by atoms with van der Waals surface area (Å²) in [5, 5.41) is 11.8. The van der Waals surface area contributed by atoms with Crippen LogP contribution in [-0.2, 0) is 9.59 Å². The van der Waals surface area contributed by atoms with Gasteiger partial charge in [-0.25, -0.2) is 4.79 Å². The summed E-state index contributed by atoms with van der Waals surface area (Å²) in [5.41, 5.74) is 0.104. The molecular formula is C16H21NO4. The number of rotatable bonds is 7. The Balaban J connectivity index is 1.69. The monoisotopic (exact) mass is 291 g/mol. The van der Waals surface area contributed by atoms with Crippen molar-refractivity contribution in [2.75, 3.05) is 6.61 Å². The maximum absolute atomic E-state index is 11.8. The molecule has 2 N–H and O–H groups in total.